The molecule has 0 unspecified atom stereocenters. The Morgan fingerprint density at radius 1 is 0.744 bits per heavy atom. The van der Waals surface area contributed by atoms with Gasteiger partial charge in [0.25, 0.3) is 0 Å². The highest BCUT2D eigenvalue weighted by atomic mass is 16.6. The first-order valence-electron chi connectivity index (χ1n) is 16.0. The molecule has 43 heavy (non-hydrogen) atoms. The number of carbonyl (C=O) groups is 2. The Bertz CT molecular complexity index is 1230. The van der Waals surface area contributed by atoms with Gasteiger partial charge in [-0.2, -0.15) is 0 Å². The van der Waals surface area contributed by atoms with Crippen LogP contribution in [0.2, 0.25) is 0 Å². The minimum Gasteiger partial charge on any atom is -0.480 e. The van der Waals surface area contributed by atoms with Crippen LogP contribution in [0.15, 0.2) is 84.9 Å². The third-order valence-electron chi connectivity index (χ3n) is 8.59. The van der Waals surface area contributed by atoms with E-state index in [0.717, 1.165) is 34.3 Å². The van der Waals surface area contributed by atoms with Crippen molar-refractivity contribution in [1.82, 2.24) is 10.6 Å². The molecule has 0 radical (unpaired) electrons. The fourth-order valence-corrected chi connectivity index (χ4v) is 6.08. The lowest BCUT2D eigenvalue weighted by atomic mass is 9.91. The Hall–Kier alpha value is -3.64. The largest absolute Gasteiger partial charge is 0.480 e. The molecule has 0 heterocycles. The summed E-state index contributed by atoms with van der Waals surface area (Å²) in [6, 6.07) is 27.6. The molecular formula is C37H48N2O4. The molecule has 1 atom stereocenters. The molecule has 2 saturated carbocycles. The van der Waals surface area contributed by atoms with Crippen molar-refractivity contribution in [1.29, 1.82) is 0 Å². The molecular weight excluding hydrogens is 536 g/mol. The van der Waals surface area contributed by atoms with E-state index >= 15 is 0 Å². The number of amides is 1. The molecule has 230 valence electrons. The van der Waals surface area contributed by atoms with Gasteiger partial charge in [-0.1, -0.05) is 123 Å². The van der Waals surface area contributed by atoms with E-state index in [-0.39, 0.29) is 6.42 Å². The second kappa shape index (κ2) is 16.3. The van der Waals surface area contributed by atoms with E-state index in [0.29, 0.717) is 0 Å². The Balaban J connectivity index is 0.000000269. The number of carbonyl (C=O) groups excluding carboxylic acids is 1. The van der Waals surface area contributed by atoms with Crippen LogP contribution < -0.4 is 10.6 Å². The molecule has 0 aromatic heterocycles. The summed E-state index contributed by atoms with van der Waals surface area (Å²) in [7, 11) is 0. The predicted molar refractivity (Wildman–Crippen MR) is 173 cm³/mol. The first kappa shape index (κ1) is 32.3. The highest BCUT2D eigenvalue weighted by Gasteiger charge is 2.28. The van der Waals surface area contributed by atoms with E-state index in [1.807, 2.05) is 84.9 Å². The van der Waals surface area contributed by atoms with Crippen molar-refractivity contribution < 1.29 is 19.4 Å². The van der Waals surface area contributed by atoms with Crippen molar-refractivity contribution >= 4 is 12.1 Å². The fraction of sp³-hybridized carbons (Fsp3) is 0.459. The van der Waals surface area contributed by atoms with Crippen molar-refractivity contribution in [3.63, 3.8) is 0 Å². The molecule has 1 amide bonds. The summed E-state index contributed by atoms with van der Waals surface area (Å²) in [5.74, 6) is -1.11. The van der Waals surface area contributed by atoms with Gasteiger partial charge in [0, 0.05) is 18.5 Å². The molecule has 5 rings (SSSR count). The van der Waals surface area contributed by atoms with E-state index in [4.69, 9.17) is 4.74 Å². The molecule has 0 saturated heterocycles. The van der Waals surface area contributed by atoms with Gasteiger partial charge in [-0.05, 0) is 61.8 Å². The van der Waals surface area contributed by atoms with E-state index in [1.165, 1.54) is 64.2 Å². The third kappa shape index (κ3) is 10.5. The van der Waals surface area contributed by atoms with Crippen LogP contribution in [0, 0.1) is 0 Å². The van der Waals surface area contributed by atoms with Crippen molar-refractivity contribution in [3.8, 4) is 11.1 Å². The van der Waals surface area contributed by atoms with Crippen molar-refractivity contribution in [2.75, 3.05) is 0 Å². The van der Waals surface area contributed by atoms with Gasteiger partial charge in [0.15, 0.2) is 0 Å². The average Bonchev–Trinajstić information content (AvgIpc) is 3.03. The van der Waals surface area contributed by atoms with Crippen LogP contribution in [0.3, 0.4) is 0 Å². The number of carboxylic acid groups (broad SMARTS) is 1. The van der Waals surface area contributed by atoms with Gasteiger partial charge < -0.3 is 20.5 Å². The lowest BCUT2D eigenvalue weighted by molar-refractivity contribution is -0.139. The first-order chi connectivity index (χ1) is 20.8. The van der Waals surface area contributed by atoms with Gasteiger partial charge >= 0.3 is 12.1 Å². The molecule has 6 nitrogen and oxygen atoms in total. The highest BCUT2D eigenvalue weighted by Crippen LogP contribution is 2.28. The standard InChI is InChI=1S/C25H25NO4.C12H23N/c1-25(2,21-15-13-20(14-16-21)19-11-7-4-8-12-19)30-24(29)26-22(23(27)28)17-18-9-5-3-6-10-18;1-3-7-11(8-4-1)13-12-9-5-2-6-10-12/h3-16,22H,17H2,1-2H3,(H,26,29)(H,27,28);11-13H,1-10H2/t22-;/m0./s1. The normalized spacial score (nSPS) is 16.8. The van der Waals surface area contributed by atoms with Gasteiger partial charge in [-0.25, -0.2) is 9.59 Å². The average molecular weight is 585 g/mol. The van der Waals surface area contributed by atoms with E-state index in [2.05, 4.69) is 10.6 Å². The van der Waals surface area contributed by atoms with Crippen LogP contribution in [0.25, 0.3) is 11.1 Å². The number of hydrogen-bond acceptors (Lipinski definition) is 4. The number of alkyl carbamates (subject to hydrolysis) is 1. The zero-order valence-electron chi connectivity index (χ0n) is 25.8. The van der Waals surface area contributed by atoms with Crippen LogP contribution in [0.5, 0.6) is 0 Å². The highest BCUT2D eigenvalue weighted by molar-refractivity contribution is 5.80. The summed E-state index contributed by atoms with van der Waals surface area (Å²) in [6.07, 6.45) is 14.0. The van der Waals surface area contributed by atoms with Gasteiger partial charge in [0.2, 0.25) is 0 Å². The lowest BCUT2D eigenvalue weighted by Gasteiger charge is -2.30. The van der Waals surface area contributed by atoms with Crippen LogP contribution in [0.4, 0.5) is 4.79 Å². The van der Waals surface area contributed by atoms with Crippen molar-refractivity contribution in [2.24, 2.45) is 0 Å². The maximum atomic E-state index is 12.4. The van der Waals surface area contributed by atoms with Gasteiger partial charge in [0.05, 0.1) is 0 Å². The molecule has 3 N–H and O–H groups in total. The number of ether oxygens (including phenoxy) is 1. The molecule has 2 fully saturated rings. The quantitative estimate of drug-likeness (QED) is 0.236. The fourth-order valence-electron chi connectivity index (χ4n) is 6.08. The van der Waals surface area contributed by atoms with Crippen molar-refractivity contribution in [3.05, 3.63) is 96.1 Å². The second-order valence-corrected chi connectivity index (χ2v) is 12.4. The number of benzene rings is 3. The summed E-state index contributed by atoms with van der Waals surface area (Å²) in [6.45, 7) is 3.55. The van der Waals surface area contributed by atoms with Gasteiger partial charge in [-0.3, -0.25) is 0 Å². The molecule has 2 aliphatic carbocycles. The smallest absolute Gasteiger partial charge is 0.408 e. The number of rotatable bonds is 9. The third-order valence-corrected chi connectivity index (χ3v) is 8.59. The minimum atomic E-state index is -1.11. The summed E-state index contributed by atoms with van der Waals surface area (Å²) in [4.78, 5) is 24.0. The topological polar surface area (TPSA) is 87.7 Å². The van der Waals surface area contributed by atoms with E-state index in [1.54, 1.807) is 13.8 Å². The Morgan fingerprint density at radius 2 is 1.23 bits per heavy atom. The van der Waals surface area contributed by atoms with Crippen LogP contribution in [0.1, 0.15) is 89.2 Å². The number of carboxylic acids is 1. The predicted octanol–water partition coefficient (Wildman–Crippen LogP) is 8.25. The number of aliphatic carboxylic acids is 1. The van der Waals surface area contributed by atoms with Crippen LogP contribution in [-0.4, -0.2) is 35.3 Å². The molecule has 0 bridgehead atoms. The SMILES string of the molecule is C1CCC(NC2CCCCC2)CC1.CC(C)(OC(=O)N[C@@H](Cc1ccccc1)C(=O)O)c1ccc(-c2ccccc2)cc1. The Kier molecular flexibility index (Phi) is 12.2. The van der Waals surface area contributed by atoms with Crippen LogP contribution >= 0.6 is 0 Å². The second-order valence-electron chi connectivity index (χ2n) is 12.4. The van der Waals surface area contributed by atoms with E-state index in [9.17, 15) is 14.7 Å². The maximum absolute atomic E-state index is 12.4. The molecule has 2 aliphatic rings. The van der Waals surface area contributed by atoms with Crippen molar-refractivity contribution in [2.45, 2.75) is 108 Å². The first-order valence-corrected chi connectivity index (χ1v) is 16.0. The van der Waals surface area contributed by atoms with E-state index < -0.39 is 23.7 Å². The summed E-state index contributed by atoms with van der Waals surface area (Å²) >= 11 is 0. The maximum Gasteiger partial charge on any atom is 0.408 e. The Labute approximate surface area is 257 Å². The molecule has 6 heteroatoms. The zero-order chi connectivity index (χ0) is 30.5. The molecule has 3 aromatic carbocycles. The molecule has 0 spiro atoms. The summed E-state index contributed by atoms with van der Waals surface area (Å²) in [5.41, 5.74) is 2.88. The molecule has 3 aromatic rings. The van der Waals surface area contributed by atoms with Gasteiger partial charge in [-0.15, -0.1) is 0 Å². The zero-order valence-corrected chi connectivity index (χ0v) is 25.8. The number of hydrogen-bond donors (Lipinski definition) is 3. The summed E-state index contributed by atoms with van der Waals surface area (Å²) < 4.78 is 5.57. The molecule has 0 aliphatic heterocycles. The number of nitrogens with one attached hydrogen (secondary N) is 2. The lowest BCUT2D eigenvalue weighted by Crippen LogP contribution is -2.44. The van der Waals surface area contributed by atoms with Gasteiger partial charge in [0.1, 0.15) is 11.6 Å². The minimum absolute atomic E-state index is 0.178. The van der Waals surface area contributed by atoms with Crippen LogP contribution in [-0.2, 0) is 21.6 Å². The summed E-state index contributed by atoms with van der Waals surface area (Å²) in [5, 5.41) is 15.8. The Morgan fingerprint density at radius 3 is 1.74 bits per heavy atom. The monoisotopic (exact) mass is 584 g/mol.